The Kier molecular flexibility index (Phi) is 5.37. The summed E-state index contributed by atoms with van der Waals surface area (Å²) in [5.41, 5.74) is 1.75. The van der Waals surface area contributed by atoms with Gasteiger partial charge in [-0.2, -0.15) is 0 Å². The molecule has 1 N–H and O–H groups in total. The number of ether oxygens (including phenoxy) is 1. The van der Waals surface area contributed by atoms with Crippen molar-refractivity contribution >= 4 is 11.9 Å². The van der Waals surface area contributed by atoms with Crippen molar-refractivity contribution in [3.63, 3.8) is 0 Å². The summed E-state index contributed by atoms with van der Waals surface area (Å²) in [5.74, 6) is -0.518. The highest BCUT2D eigenvalue weighted by Gasteiger charge is 2.33. The molecule has 1 amide bonds. The van der Waals surface area contributed by atoms with Crippen LogP contribution in [0.2, 0.25) is 0 Å². The molecule has 21 heavy (non-hydrogen) atoms. The fourth-order valence-corrected chi connectivity index (χ4v) is 2.79. The number of nitrogens with one attached hydrogen (secondary N) is 1. The lowest BCUT2D eigenvalue weighted by molar-refractivity contribution is -0.150. The number of carbonyl (C=O) groups excluding carboxylic acids is 2. The first-order valence-corrected chi connectivity index (χ1v) is 7.66. The molecule has 4 nitrogen and oxygen atoms in total. The van der Waals surface area contributed by atoms with Crippen LogP contribution in [0, 0.1) is 12.8 Å². The molecule has 1 saturated carbocycles. The second kappa shape index (κ2) is 7.25. The summed E-state index contributed by atoms with van der Waals surface area (Å²) in [6.45, 7) is 4.17. The Labute approximate surface area is 125 Å². The van der Waals surface area contributed by atoms with Crippen molar-refractivity contribution in [2.75, 3.05) is 6.61 Å². The van der Waals surface area contributed by atoms with E-state index in [1.807, 2.05) is 31.2 Å². The molecule has 0 aromatic heterocycles. The Balaban J connectivity index is 2.03. The van der Waals surface area contributed by atoms with E-state index in [-0.39, 0.29) is 23.8 Å². The van der Waals surface area contributed by atoms with E-state index in [4.69, 9.17) is 4.74 Å². The van der Waals surface area contributed by atoms with Gasteiger partial charge in [0.05, 0.1) is 12.5 Å². The van der Waals surface area contributed by atoms with Crippen molar-refractivity contribution in [3.8, 4) is 0 Å². The van der Waals surface area contributed by atoms with Crippen LogP contribution in [0.3, 0.4) is 0 Å². The first-order chi connectivity index (χ1) is 10.1. The van der Waals surface area contributed by atoms with Crippen LogP contribution in [0.25, 0.3) is 0 Å². The smallest absolute Gasteiger partial charge is 0.311 e. The number of rotatable bonds is 4. The van der Waals surface area contributed by atoms with E-state index in [9.17, 15) is 9.59 Å². The van der Waals surface area contributed by atoms with Gasteiger partial charge in [-0.05, 0) is 38.8 Å². The predicted octanol–water partition coefficient (Wildman–Crippen LogP) is 2.85. The highest BCUT2D eigenvalue weighted by Crippen LogP contribution is 2.26. The minimum absolute atomic E-state index is 0.115. The van der Waals surface area contributed by atoms with E-state index in [0.29, 0.717) is 12.2 Å². The summed E-state index contributed by atoms with van der Waals surface area (Å²) in [4.78, 5) is 24.3. The lowest BCUT2D eigenvalue weighted by Gasteiger charge is -2.30. The van der Waals surface area contributed by atoms with E-state index in [1.54, 1.807) is 6.92 Å². The van der Waals surface area contributed by atoms with Crippen LogP contribution in [-0.2, 0) is 9.53 Å². The summed E-state index contributed by atoms with van der Waals surface area (Å²) >= 11 is 0. The summed E-state index contributed by atoms with van der Waals surface area (Å²) in [5, 5.41) is 3.00. The molecule has 1 aliphatic rings. The number of hydrogen-bond donors (Lipinski definition) is 1. The van der Waals surface area contributed by atoms with Gasteiger partial charge in [-0.1, -0.05) is 30.5 Å². The second-order valence-electron chi connectivity index (χ2n) is 5.59. The Hall–Kier alpha value is -1.84. The van der Waals surface area contributed by atoms with Gasteiger partial charge in [-0.15, -0.1) is 0 Å². The van der Waals surface area contributed by atoms with Crippen molar-refractivity contribution in [1.29, 1.82) is 0 Å². The normalized spacial score (nSPS) is 21.6. The molecule has 1 fully saturated rings. The third kappa shape index (κ3) is 4.06. The first-order valence-electron chi connectivity index (χ1n) is 7.66. The lowest BCUT2D eigenvalue weighted by atomic mass is 9.84. The van der Waals surface area contributed by atoms with Gasteiger partial charge in [-0.3, -0.25) is 9.59 Å². The fourth-order valence-electron chi connectivity index (χ4n) is 2.79. The van der Waals surface area contributed by atoms with Gasteiger partial charge in [0, 0.05) is 11.6 Å². The van der Waals surface area contributed by atoms with Gasteiger partial charge < -0.3 is 10.1 Å². The molecule has 1 aliphatic carbocycles. The number of aryl methyl sites for hydroxylation is 1. The van der Waals surface area contributed by atoms with Crippen LogP contribution in [0.1, 0.15) is 48.5 Å². The monoisotopic (exact) mass is 289 g/mol. The standard InChI is InChI=1S/C17H23NO3/c1-3-21-17(20)14-6-4-5-7-15(14)18-16(19)13-10-8-12(2)9-11-13/h8-11,14-15H,3-7H2,1-2H3,(H,18,19)/t14-,15+/m0/s1. The topological polar surface area (TPSA) is 55.4 Å². The van der Waals surface area contributed by atoms with E-state index in [1.165, 1.54) is 0 Å². The Morgan fingerprint density at radius 3 is 2.52 bits per heavy atom. The van der Waals surface area contributed by atoms with Gasteiger partial charge in [-0.25, -0.2) is 0 Å². The molecule has 0 radical (unpaired) electrons. The Morgan fingerprint density at radius 1 is 1.19 bits per heavy atom. The molecule has 1 aromatic carbocycles. The molecule has 1 aromatic rings. The maximum Gasteiger partial charge on any atom is 0.311 e. The van der Waals surface area contributed by atoms with E-state index >= 15 is 0 Å². The minimum Gasteiger partial charge on any atom is -0.466 e. The number of esters is 1. The maximum absolute atomic E-state index is 12.3. The van der Waals surface area contributed by atoms with Gasteiger partial charge in [0.25, 0.3) is 5.91 Å². The third-order valence-electron chi connectivity index (χ3n) is 3.99. The molecule has 0 spiro atoms. The van der Waals surface area contributed by atoms with Crippen LogP contribution in [-0.4, -0.2) is 24.5 Å². The molecule has 0 saturated heterocycles. The van der Waals surface area contributed by atoms with Crippen LogP contribution < -0.4 is 5.32 Å². The molecule has 4 heteroatoms. The summed E-state index contributed by atoms with van der Waals surface area (Å²) in [6, 6.07) is 7.34. The number of amides is 1. The average molecular weight is 289 g/mol. The number of carbonyl (C=O) groups is 2. The summed E-state index contributed by atoms with van der Waals surface area (Å²) in [6.07, 6.45) is 3.67. The maximum atomic E-state index is 12.3. The van der Waals surface area contributed by atoms with Crippen LogP contribution in [0.5, 0.6) is 0 Å². The zero-order valence-corrected chi connectivity index (χ0v) is 12.7. The highest BCUT2D eigenvalue weighted by atomic mass is 16.5. The van der Waals surface area contributed by atoms with Crippen LogP contribution >= 0.6 is 0 Å². The molecule has 2 rings (SSSR count). The minimum atomic E-state index is -0.215. The second-order valence-corrected chi connectivity index (χ2v) is 5.59. The van der Waals surface area contributed by atoms with Crippen molar-refractivity contribution in [2.45, 2.75) is 45.6 Å². The van der Waals surface area contributed by atoms with Gasteiger partial charge >= 0.3 is 5.97 Å². The van der Waals surface area contributed by atoms with Crippen molar-refractivity contribution in [3.05, 3.63) is 35.4 Å². The Bertz CT molecular complexity index is 495. The molecular weight excluding hydrogens is 266 g/mol. The van der Waals surface area contributed by atoms with Crippen molar-refractivity contribution in [1.82, 2.24) is 5.32 Å². The SMILES string of the molecule is CCOC(=O)[C@H]1CCCC[C@H]1NC(=O)c1ccc(C)cc1. The number of hydrogen-bond acceptors (Lipinski definition) is 3. The van der Waals surface area contributed by atoms with Gasteiger partial charge in [0.1, 0.15) is 0 Å². The first kappa shape index (κ1) is 15.5. The summed E-state index contributed by atoms with van der Waals surface area (Å²) in [7, 11) is 0. The number of benzene rings is 1. The van der Waals surface area contributed by atoms with Crippen molar-refractivity contribution < 1.29 is 14.3 Å². The van der Waals surface area contributed by atoms with E-state index < -0.39 is 0 Å². The fraction of sp³-hybridized carbons (Fsp3) is 0.529. The quantitative estimate of drug-likeness (QED) is 0.867. The molecule has 0 unspecified atom stereocenters. The lowest BCUT2D eigenvalue weighted by Crippen LogP contribution is -2.45. The third-order valence-corrected chi connectivity index (χ3v) is 3.99. The molecule has 2 atom stereocenters. The highest BCUT2D eigenvalue weighted by molar-refractivity contribution is 5.94. The van der Waals surface area contributed by atoms with Gasteiger partial charge in [0.2, 0.25) is 0 Å². The van der Waals surface area contributed by atoms with Crippen molar-refractivity contribution in [2.24, 2.45) is 5.92 Å². The zero-order valence-electron chi connectivity index (χ0n) is 12.7. The molecule has 0 bridgehead atoms. The van der Waals surface area contributed by atoms with Crippen LogP contribution in [0.4, 0.5) is 0 Å². The van der Waals surface area contributed by atoms with E-state index in [0.717, 1.165) is 31.2 Å². The molecular formula is C17H23NO3. The molecule has 0 heterocycles. The average Bonchev–Trinajstić information content (AvgIpc) is 2.48. The summed E-state index contributed by atoms with van der Waals surface area (Å²) < 4.78 is 5.12. The largest absolute Gasteiger partial charge is 0.466 e. The molecule has 0 aliphatic heterocycles. The van der Waals surface area contributed by atoms with E-state index in [2.05, 4.69) is 5.32 Å². The zero-order chi connectivity index (χ0) is 15.2. The Morgan fingerprint density at radius 2 is 1.86 bits per heavy atom. The van der Waals surface area contributed by atoms with Crippen LogP contribution in [0.15, 0.2) is 24.3 Å². The van der Waals surface area contributed by atoms with Gasteiger partial charge in [0.15, 0.2) is 0 Å². The molecule has 114 valence electrons. The predicted molar refractivity (Wildman–Crippen MR) is 81.0 cm³/mol.